The molecule has 3 heterocycles. The van der Waals surface area contributed by atoms with Crippen molar-refractivity contribution in [2.75, 3.05) is 11.6 Å². The van der Waals surface area contributed by atoms with E-state index >= 15 is 4.39 Å². The number of rotatable bonds is 6. The standard InChI is InChI=1S/C31H27FN4O5S/c1-31(10-11-31)20-13-18-9-12-36(30(39)27(18)23(32)15-20)25-6-4-5-22(28(25)37)19-14-24(29(38)35(2)17-19)34-26-8-7-21(16-33-26)42(3,40)41/h4-9,12-17,37H,10-11H2,1-3H3,(H,33,34). The zero-order valence-electron chi connectivity index (χ0n) is 23.1. The molecule has 9 nitrogen and oxygen atoms in total. The molecule has 11 heteroatoms. The highest BCUT2D eigenvalue weighted by Crippen LogP contribution is 2.48. The second kappa shape index (κ2) is 9.66. The Kier molecular flexibility index (Phi) is 6.30. The molecular formula is C31H27FN4O5S. The smallest absolute Gasteiger partial charge is 0.274 e. The van der Waals surface area contributed by atoms with Crippen molar-refractivity contribution in [3.8, 4) is 22.6 Å². The first kappa shape index (κ1) is 27.4. The number of hydrogen-bond donors (Lipinski definition) is 2. The van der Waals surface area contributed by atoms with E-state index < -0.39 is 21.2 Å². The van der Waals surface area contributed by atoms with Crippen LogP contribution in [0.25, 0.3) is 27.6 Å². The maximum atomic E-state index is 15.2. The van der Waals surface area contributed by atoms with Gasteiger partial charge in [-0.3, -0.25) is 14.2 Å². The molecule has 6 rings (SSSR count). The van der Waals surface area contributed by atoms with Gasteiger partial charge in [0.25, 0.3) is 11.1 Å². The van der Waals surface area contributed by atoms with Gasteiger partial charge in [0.2, 0.25) is 0 Å². The molecule has 2 N–H and O–H groups in total. The van der Waals surface area contributed by atoms with Gasteiger partial charge in [-0.1, -0.05) is 25.1 Å². The first-order valence-electron chi connectivity index (χ1n) is 13.2. The number of pyridine rings is 3. The van der Waals surface area contributed by atoms with Crippen molar-refractivity contribution in [1.82, 2.24) is 14.1 Å². The van der Waals surface area contributed by atoms with Gasteiger partial charge in [0, 0.05) is 43.0 Å². The van der Waals surface area contributed by atoms with Crippen molar-refractivity contribution in [1.29, 1.82) is 0 Å². The molecule has 0 spiro atoms. The summed E-state index contributed by atoms with van der Waals surface area (Å²) in [4.78, 5) is 30.5. The summed E-state index contributed by atoms with van der Waals surface area (Å²) < 4.78 is 41.3. The summed E-state index contributed by atoms with van der Waals surface area (Å²) in [5.41, 5.74) is 0.888. The average molecular weight is 587 g/mol. The summed E-state index contributed by atoms with van der Waals surface area (Å²) in [5, 5.41) is 14.7. The summed E-state index contributed by atoms with van der Waals surface area (Å²) >= 11 is 0. The van der Waals surface area contributed by atoms with E-state index in [9.17, 15) is 23.1 Å². The molecule has 0 unspecified atom stereocenters. The number of fused-ring (bicyclic) bond motifs is 1. The molecule has 1 saturated carbocycles. The van der Waals surface area contributed by atoms with E-state index in [1.54, 1.807) is 31.3 Å². The number of anilines is 2. The van der Waals surface area contributed by atoms with Crippen molar-refractivity contribution >= 4 is 32.1 Å². The zero-order valence-corrected chi connectivity index (χ0v) is 23.9. The van der Waals surface area contributed by atoms with Crippen molar-refractivity contribution < 1.29 is 17.9 Å². The molecule has 5 aromatic rings. The van der Waals surface area contributed by atoms with Crippen LogP contribution in [-0.4, -0.2) is 33.9 Å². The molecule has 42 heavy (non-hydrogen) atoms. The molecule has 0 bridgehead atoms. The number of hydrogen-bond acceptors (Lipinski definition) is 7. The number of aryl methyl sites for hydroxylation is 1. The Morgan fingerprint density at radius 1 is 1.05 bits per heavy atom. The molecule has 0 atom stereocenters. The van der Waals surface area contributed by atoms with Gasteiger partial charge in [0.05, 0.1) is 16.0 Å². The molecule has 3 aromatic heterocycles. The van der Waals surface area contributed by atoms with E-state index in [-0.39, 0.29) is 44.2 Å². The molecule has 214 valence electrons. The molecule has 0 saturated heterocycles. The third-order valence-corrected chi connectivity index (χ3v) is 8.95. The fourth-order valence-electron chi connectivity index (χ4n) is 5.06. The number of halogens is 1. The predicted molar refractivity (Wildman–Crippen MR) is 159 cm³/mol. The van der Waals surface area contributed by atoms with Crippen LogP contribution in [0.15, 0.2) is 87.7 Å². The molecule has 2 aromatic carbocycles. The van der Waals surface area contributed by atoms with E-state index in [0.29, 0.717) is 16.5 Å². The monoisotopic (exact) mass is 586 g/mol. The number of nitrogens with one attached hydrogen (secondary N) is 1. The van der Waals surface area contributed by atoms with Crippen LogP contribution >= 0.6 is 0 Å². The number of nitrogens with zero attached hydrogens (tertiary/aromatic N) is 3. The highest BCUT2D eigenvalue weighted by molar-refractivity contribution is 7.90. The Bertz CT molecular complexity index is 2130. The van der Waals surface area contributed by atoms with Crippen LogP contribution in [0.3, 0.4) is 0 Å². The van der Waals surface area contributed by atoms with E-state index in [0.717, 1.165) is 24.7 Å². The maximum absolute atomic E-state index is 15.2. The Hall–Kier alpha value is -4.77. The lowest BCUT2D eigenvalue weighted by Crippen LogP contribution is -2.20. The Labute approximate surface area is 240 Å². The Balaban J connectivity index is 1.41. The summed E-state index contributed by atoms with van der Waals surface area (Å²) in [7, 11) is -1.89. The topological polar surface area (TPSA) is 123 Å². The van der Waals surface area contributed by atoms with Crippen LogP contribution < -0.4 is 16.4 Å². The number of phenols is 1. The predicted octanol–water partition coefficient (Wildman–Crippen LogP) is 4.79. The quantitative estimate of drug-likeness (QED) is 0.293. The molecule has 0 aliphatic heterocycles. The van der Waals surface area contributed by atoms with Crippen LogP contribution in [0.4, 0.5) is 15.9 Å². The second-order valence-electron chi connectivity index (χ2n) is 11.0. The lowest BCUT2D eigenvalue weighted by molar-refractivity contribution is 0.473. The van der Waals surface area contributed by atoms with Gasteiger partial charge < -0.3 is 15.0 Å². The summed E-state index contributed by atoms with van der Waals surface area (Å²) in [5.74, 6) is -0.586. The highest BCUT2D eigenvalue weighted by Gasteiger charge is 2.39. The number of phenolic OH excluding ortho intramolecular Hbond substituents is 1. The summed E-state index contributed by atoms with van der Waals surface area (Å²) in [6, 6.07) is 14.1. The van der Waals surface area contributed by atoms with Crippen molar-refractivity contribution in [2.24, 2.45) is 7.05 Å². The van der Waals surface area contributed by atoms with E-state index in [2.05, 4.69) is 17.2 Å². The molecule has 1 aliphatic rings. The van der Waals surface area contributed by atoms with E-state index in [1.165, 1.54) is 52.0 Å². The highest BCUT2D eigenvalue weighted by atomic mass is 32.2. The second-order valence-corrected chi connectivity index (χ2v) is 13.0. The van der Waals surface area contributed by atoms with Gasteiger partial charge in [-0.25, -0.2) is 17.8 Å². The number of aromatic hydroxyl groups is 1. The van der Waals surface area contributed by atoms with Gasteiger partial charge in [-0.05, 0) is 65.6 Å². The van der Waals surface area contributed by atoms with Gasteiger partial charge in [-0.2, -0.15) is 0 Å². The number of para-hydroxylation sites is 1. The largest absolute Gasteiger partial charge is 0.505 e. The Morgan fingerprint density at radius 3 is 2.48 bits per heavy atom. The normalized spacial score (nSPS) is 14.2. The first-order chi connectivity index (χ1) is 19.9. The van der Waals surface area contributed by atoms with Crippen molar-refractivity contribution in [3.05, 3.63) is 105 Å². The number of aromatic nitrogens is 3. The zero-order chi connectivity index (χ0) is 30.0. The molecular weight excluding hydrogens is 559 g/mol. The van der Waals surface area contributed by atoms with Crippen LogP contribution in [0.2, 0.25) is 0 Å². The van der Waals surface area contributed by atoms with Crippen molar-refractivity contribution in [3.63, 3.8) is 0 Å². The summed E-state index contributed by atoms with van der Waals surface area (Å²) in [6.07, 6.45) is 7.27. The maximum Gasteiger partial charge on any atom is 0.274 e. The third-order valence-electron chi connectivity index (χ3n) is 7.85. The van der Waals surface area contributed by atoms with Gasteiger partial charge >= 0.3 is 0 Å². The lowest BCUT2D eigenvalue weighted by Gasteiger charge is -2.16. The molecule has 0 amide bonds. The van der Waals surface area contributed by atoms with Gasteiger partial charge in [0.1, 0.15) is 23.1 Å². The fraction of sp³-hybridized carbons (Fsp3) is 0.194. The van der Waals surface area contributed by atoms with E-state index in [4.69, 9.17) is 0 Å². The minimum Gasteiger partial charge on any atom is -0.505 e. The molecule has 1 fully saturated rings. The minimum atomic E-state index is -3.43. The fourth-order valence-corrected chi connectivity index (χ4v) is 5.62. The van der Waals surface area contributed by atoms with Crippen LogP contribution in [-0.2, 0) is 22.3 Å². The van der Waals surface area contributed by atoms with E-state index in [1.807, 2.05) is 6.07 Å². The van der Waals surface area contributed by atoms with Crippen LogP contribution in [0.1, 0.15) is 25.3 Å². The Morgan fingerprint density at radius 2 is 1.81 bits per heavy atom. The van der Waals surface area contributed by atoms with Gasteiger partial charge in [0.15, 0.2) is 9.84 Å². The average Bonchev–Trinajstić information content (AvgIpc) is 3.70. The van der Waals surface area contributed by atoms with Crippen molar-refractivity contribution in [2.45, 2.75) is 30.1 Å². The first-order valence-corrected chi connectivity index (χ1v) is 15.1. The summed E-state index contributed by atoms with van der Waals surface area (Å²) in [6.45, 7) is 2.07. The van der Waals surface area contributed by atoms with Crippen LogP contribution in [0.5, 0.6) is 5.75 Å². The minimum absolute atomic E-state index is 0.0397. The molecule has 1 aliphatic carbocycles. The number of benzene rings is 2. The number of sulfone groups is 1. The van der Waals surface area contributed by atoms with Crippen LogP contribution in [0, 0.1) is 5.82 Å². The SMILES string of the molecule is Cn1cc(-c2cccc(-n3ccc4cc(C5(C)CC5)cc(F)c4c3=O)c2O)cc(Nc2ccc(S(C)(=O)=O)cn2)c1=O. The lowest BCUT2D eigenvalue weighted by atomic mass is 9.95. The van der Waals surface area contributed by atoms with Gasteiger partial charge in [-0.15, -0.1) is 0 Å². The molecule has 0 radical (unpaired) electrons. The third kappa shape index (κ3) is 4.75.